The highest BCUT2D eigenvalue weighted by atomic mass is 16.5. The zero-order chi connectivity index (χ0) is 15.5. The number of imidazole rings is 1. The molecule has 3 rings (SSSR count). The Morgan fingerprint density at radius 3 is 2.73 bits per heavy atom. The third-order valence-corrected chi connectivity index (χ3v) is 4.00. The zero-order valence-electron chi connectivity index (χ0n) is 12.8. The van der Waals surface area contributed by atoms with Gasteiger partial charge in [0.05, 0.1) is 18.5 Å². The Kier molecular flexibility index (Phi) is 4.22. The molecule has 1 aromatic carbocycles. The highest BCUT2D eigenvalue weighted by Crippen LogP contribution is 2.13. The smallest absolute Gasteiger partial charge is 0.251 e. The van der Waals surface area contributed by atoms with E-state index in [9.17, 15) is 4.79 Å². The van der Waals surface area contributed by atoms with E-state index in [0.717, 1.165) is 18.8 Å². The third-order valence-electron chi connectivity index (χ3n) is 4.00. The van der Waals surface area contributed by atoms with Crippen LogP contribution in [0.5, 0.6) is 0 Å². The maximum atomic E-state index is 12.4. The van der Waals surface area contributed by atoms with Gasteiger partial charge < -0.3 is 19.5 Å². The number of rotatable bonds is 4. The fourth-order valence-electron chi connectivity index (χ4n) is 2.79. The minimum absolute atomic E-state index is 0.0239. The fraction of sp³-hybridized carbons (Fsp3) is 0.375. The van der Waals surface area contributed by atoms with Gasteiger partial charge >= 0.3 is 0 Å². The van der Waals surface area contributed by atoms with Crippen LogP contribution in [0.25, 0.3) is 5.69 Å². The molecule has 0 spiro atoms. The molecule has 2 atom stereocenters. The van der Waals surface area contributed by atoms with Crippen LogP contribution in [0.2, 0.25) is 0 Å². The molecule has 22 heavy (non-hydrogen) atoms. The van der Waals surface area contributed by atoms with E-state index < -0.39 is 0 Å². The summed E-state index contributed by atoms with van der Waals surface area (Å²) >= 11 is 0. The SMILES string of the molecule is CO[C@H]1CN(C)C[C@@H]1NC(=O)c1ccc(-n2ccnc2)cc1. The van der Waals surface area contributed by atoms with Crippen LogP contribution in [-0.2, 0) is 4.74 Å². The lowest BCUT2D eigenvalue weighted by atomic mass is 10.1. The van der Waals surface area contributed by atoms with Gasteiger partial charge in [-0.15, -0.1) is 0 Å². The van der Waals surface area contributed by atoms with Crippen LogP contribution >= 0.6 is 0 Å². The summed E-state index contributed by atoms with van der Waals surface area (Å²) in [6.07, 6.45) is 5.36. The molecule has 6 heteroatoms. The van der Waals surface area contributed by atoms with Gasteiger partial charge in [0, 0.05) is 43.8 Å². The number of carbonyl (C=O) groups excluding carboxylic acids is 1. The highest BCUT2D eigenvalue weighted by molar-refractivity contribution is 5.94. The van der Waals surface area contributed by atoms with Crippen molar-refractivity contribution in [3.05, 3.63) is 48.5 Å². The molecular weight excluding hydrogens is 280 g/mol. The van der Waals surface area contributed by atoms with Gasteiger partial charge in [-0.25, -0.2) is 4.98 Å². The number of hydrogen-bond acceptors (Lipinski definition) is 4. The monoisotopic (exact) mass is 300 g/mol. The minimum Gasteiger partial charge on any atom is -0.378 e. The van der Waals surface area contributed by atoms with E-state index in [1.165, 1.54) is 0 Å². The summed E-state index contributed by atoms with van der Waals surface area (Å²) in [5, 5.41) is 3.06. The number of ether oxygens (including phenoxy) is 1. The summed E-state index contributed by atoms with van der Waals surface area (Å²) in [6.45, 7) is 1.64. The number of hydrogen-bond donors (Lipinski definition) is 1. The molecule has 0 bridgehead atoms. The second-order valence-electron chi connectivity index (χ2n) is 5.59. The summed E-state index contributed by atoms with van der Waals surface area (Å²) in [5.74, 6) is -0.0699. The fourth-order valence-corrected chi connectivity index (χ4v) is 2.79. The number of likely N-dealkylation sites (tertiary alicyclic amines) is 1. The van der Waals surface area contributed by atoms with Gasteiger partial charge in [-0.2, -0.15) is 0 Å². The Bertz CT molecular complexity index is 624. The molecule has 0 aliphatic carbocycles. The van der Waals surface area contributed by atoms with E-state index in [4.69, 9.17) is 4.74 Å². The number of methoxy groups -OCH3 is 1. The molecule has 2 heterocycles. The highest BCUT2D eigenvalue weighted by Gasteiger charge is 2.32. The molecule has 1 saturated heterocycles. The number of aromatic nitrogens is 2. The molecule has 1 aliphatic rings. The number of amides is 1. The van der Waals surface area contributed by atoms with Crippen molar-refractivity contribution in [2.24, 2.45) is 0 Å². The molecule has 1 amide bonds. The summed E-state index contributed by atoms with van der Waals surface area (Å²) in [4.78, 5) is 18.5. The van der Waals surface area contributed by atoms with Gasteiger partial charge in [0.15, 0.2) is 0 Å². The van der Waals surface area contributed by atoms with Crippen LogP contribution in [0, 0.1) is 0 Å². The zero-order valence-corrected chi connectivity index (χ0v) is 12.8. The van der Waals surface area contributed by atoms with E-state index in [1.54, 1.807) is 19.6 Å². The summed E-state index contributed by atoms with van der Waals surface area (Å²) in [5.41, 5.74) is 1.62. The van der Waals surface area contributed by atoms with Crippen molar-refractivity contribution in [1.29, 1.82) is 0 Å². The molecule has 1 aromatic heterocycles. The predicted octanol–water partition coefficient (Wildman–Crippen LogP) is 0.931. The van der Waals surface area contributed by atoms with Gasteiger partial charge in [-0.3, -0.25) is 4.79 Å². The number of benzene rings is 1. The van der Waals surface area contributed by atoms with Crippen LogP contribution < -0.4 is 5.32 Å². The second-order valence-corrected chi connectivity index (χ2v) is 5.59. The molecule has 1 aliphatic heterocycles. The Morgan fingerprint density at radius 2 is 2.09 bits per heavy atom. The van der Waals surface area contributed by atoms with E-state index >= 15 is 0 Å². The molecule has 1 N–H and O–H groups in total. The van der Waals surface area contributed by atoms with Crippen LogP contribution in [0.1, 0.15) is 10.4 Å². The lowest BCUT2D eigenvalue weighted by Crippen LogP contribution is -2.43. The summed E-state index contributed by atoms with van der Waals surface area (Å²) in [7, 11) is 3.71. The summed E-state index contributed by atoms with van der Waals surface area (Å²) < 4.78 is 7.33. The van der Waals surface area contributed by atoms with Gasteiger partial charge in [0.25, 0.3) is 5.91 Å². The first-order valence-electron chi connectivity index (χ1n) is 7.28. The standard InChI is InChI=1S/C16H20N4O2/c1-19-9-14(15(10-19)22-2)18-16(21)12-3-5-13(6-4-12)20-8-7-17-11-20/h3-8,11,14-15H,9-10H2,1-2H3,(H,18,21)/t14-,15-/m0/s1. The Balaban J connectivity index is 1.67. The molecule has 116 valence electrons. The maximum Gasteiger partial charge on any atom is 0.251 e. The summed E-state index contributed by atoms with van der Waals surface area (Å²) in [6, 6.07) is 7.49. The largest absolute Gasteiger partial charge is 0.378 e. The van der Waals surface area contributed by atoms with Gasteiger partial charge in [0.2, 0.25) is 0 Å². The van der Waals surface area contributed by atoms with Crippen molar-refractivity contribution in [2.45, 2.75) is 12.1 Å². The second kappa shape index (κ2) is 6.29. The van der Waals surface area contributed by atoms with Crippen LogP contribution in [0.4, 0.5) is 0 Å². The van der Waals surface area contributed by atoms with Crippen molar-refractivity contribution in [1.82, 2.24) is 19.8 Å². The maximum absolute atomic E-state index is 12.4. The quantitative estimate of drug-likeness (QED) is 0.912. The Hall–Kier alpha value is -2.18. The normalized spacial score (nSPS) is 21.9. The van der Waals surface area contributed by atoms with Crippen molar-refractivity contribution in [3.8, 4) is 5.69 Å². The molecule has 0 saturated carbocycles. The molecule has 0 radical (unpaired) electrons. The number of likely N-dealkylation sites (N-methyl/N-ethyl adjacent to an activating group) is 1. The van der Waals surface area contributed by atoms with Gasteiger partial charge in [0.1, 0.15) is 0 Å². The van der Waals surface area contributed by atoms with Crippen molar-refractivity contribution < 1.29 is 9.53 Å². The third kappa shape index (κ3) is 3.03. The number of carbonyl (C=O) groups is 1. The number of nitrogens with zero attached hydrogens (tertiary/aromatic N) is 3. The Labute approximate surface area is 129 Å². The van der Waals surface area contributed by atoms with Crippen molar-refractivity contribution in [2.75, 3.05) is 27.2 Å². The number of nitrogens with one attached hydrogen (secondary N) is 1. The van der Waals surface area contributed by atoms with Gasteiger partial charge in [-0.1, -0.05) is 0 Å². The first-order valence-corrected chi connectivity index (χ1v) is 7.28. The van der Waals surface area contributed by atoms with Gasteiger partial charge in [-0.05, 0) is 31.3 Å². The van der Waals surface area contributed by atoms with E-state index in [-0.39, 0.29) is 18.1 Å². The molecule has 6 nitrogen and oxygen atoms in total. The average Bonchev–Trinajstić information content (AvgIpc) is 3.17. The molecule has 2 aromatic rings. The van der Waals surface area contributed by atoms with Crippen LogP contribution in [-0.4, -0.2) is 59.8 Å². The van der Waals surface area contributed by atoms with Crippen molar-refractivity contribution >= 4 is 5.91 Å². The Morgan fingerprint density at radius 1 is 1.32 bits per heavy atom. The topological polar surface area (TPSA) is 59.4 Å². The van der Waals surface area contributed by atoms with Crippen LogP contribution in [0.15, 0.2) is 43.0 Å². The first kappa shape index (κ1) is 14.7. The molecule has 1 fully saturated rings. The lowest BCUT2D eigenvalue weighted by molar-refractivity contribution is 0.0766. The van der Waals surface area contributed by atoms with Crippen LogP contribution in [0.3, 0.4) is 0 Å². The van der Waals surface area contributed by atoms with E-state index in [1.807, 2.05) is 42.1 Å². The van der Waals surface area contributed by atoms with E-state index in [2.05, 4.69) is 15.2 Å². The van der Waals surface area contributed by atoms with Crippen molar-refractivity contribution in [3.63, 3.8) is 0 Å². The van der Waals surface area contributed by atoms with E-state index in [0.29, 0.717) is 5.56 Å². The minimum atomic E-state index is -0.0699. The average molecular weight is 300 g/mol. The molecule has 0 unspecified atom stereocenters. The lowest BCUT2D eigenvalue weighted by Gasteiger charge is -2.18. The predicted molar refractivity (Wildman–Crippen MR) is 83.1 cm³/mol. The molecular formula is C16H20N4O2. The first-order chi connectivity index (χ1) is 10.7.